The van der Waals surface area contributed by atoms with E-state index >= 15 is 0 Å². The van der Waals surface area contributed by atoms with Crippen LogP contribution in [-0.2, 0) is 4.79 Å². The second kappa shape index (κ2) is 10.3. The number of anilines is 2. The fourth-order valence-electron chi connectivity index (χ4n) is 4.57. The summed E-state index contributed by atoms with van der Waals surface area (Å²) in [6.45, 7) is 5.77. The van der Waals surface area contributed by atoms with Crippen LogP contribution >= 0.6 is 0 Å². The molecule has 0 bridgehead atoms. The number of piperazine rings is 1. The van der Waals surface area contributed by atoms with Gasteiger partial charge in [-0.15, -0.1) is 0 Å². The second-order valence-electron chi connectivity index (χ2n) is 8.66. The molecule has 2 aliphatic rings. The second-order valence-corrected chi connectivity index (χ2v) is 8.66. The summed E-state index contributed by atoms with van der Waals surface area (Å²) in [5, 5.41) is 7.17. The fraction of sp³-hybridized carbons (Fsp3) is 0.458. The van der Waals surface area contributed by atoms with Crippen LogP contribution in [0.25, 0.3) is 22.3 Å². The molecule has 0 aromatic carbocycles. The van der Waals surface area contributed by atoms with Gasteiger partial charge < -0.3 is 20.3 Å². The molecule has 2 aliphatic heterocycles. The number of hydrogen-bond donors (Lipinski definition) is 2. The summed E-state index contributed by atoms with van der Waals surface area (Å²) in [7, 11) is 1.63. The van der Waals surface area contributed by atoms with E-state index in [0.717, 1.165) is 68.9 Å². The molecule has 10 nitrogen and oxygen atoms in total. The lowest BCUT2D eigenvalue weighted by Gasteiger charge is -2.29. The Morgan fingerprint density at radius 3 is 2.74 bits per heavy atom. The lowest BCUT2D eigenvalue weighted by Crippen LogP contribution is -2.44. The zero-order valence-corrected chi connectivity index (χ0v) is 19.5. The molecule has 10 heteroatoms. The molecule has 2 fully saturated rings. The van der Waals surface area contributed by atoms with Crippen LogP contribution in [0.15, 0.2) is 30.7 Å². The SMILES string of the molecule is COc1cncc2nc(-c3ccnc(NC(=O)CN4CCCCC4)c3)nc(N3CCNCC3)c12. The molecule has 5 heterocycles. The summed E-state index contributed by atoms with van der Waals surface area (Å²) >= 11 is 0. The first kappa shape index (κ1) is 22.4. The lowest BCUT2D eigenvalue weighted by molar-refractivity contribution is -0.117. The standard InChI is InChI=1S/C24H30N8O2/c1-34-19-15-26-14-18-22(19)24(32-11-7-25-8-12-32)30-23(28-18)17-5-6-27-20(13-17)29-21(33)16-31-9-3-2-4-10-31/h5-6,13-15,25H,2-4,7-12,16H2,1H3,(H,27,29,33). The zero-order chi connectivity index (χ0) is 23.3. The van der Waals surface area contributed by atoms with E-state index in [4.69, 9.17) is 14.7 Å². The number of carbonyl (C=O) groups excluding carboxylic acids is 1. The number of rotatable bonds is 6. The highest BCUT2D eigenvalue weighted by Gasteiger charge is 2.21. The maximum Gasteiger partial charge on any atom is 0.239 e. The van der Waals surface area contributed by atoms with Gasteiger partial charge in [-0.3, -0.25) is 14.7 Å². The van der Waals surface area contributed by atoms with Crippen molar-refractivity contribution < 1.29 is 9.53 Å². The number of hydrogen-bond acceptors (Lipinski definition) is 9. The van der Waals surface area contributed by atoms with Crippen LogP contribution in [0.2, 0.25) is 0 Å². The quantitative estimate of drug-likeness (QED) is 0.568. The molecule has 3 aromatic rings. The molecule has 34 heavy (non-hydrogen) atoms. The van der Waals surface area contributed by atoms with Gasteiger partial charge in [0.25, 0.3) is 0 Å². The highest BCUT2D eigenvalue weighted by molar-refractivity contribution is 5.96. The monoisotopic (exact) mass is 462 g/mol. The van der Waals surface area contributed by atoms with Gasteiger partial charge in [0.1, 0.15) is 17.4 Å². The number of nitrogens with zero attached hydrogens (tertiary/aromatic N) is 6. The first-order valence-electron chi connectivity index (χ1n) is 11.9. The van der Waals surface area contributed by atoms with Gasteiger partial charge in [-0.2, -0.15) is 0 Å². The maximum absolute atomic E-state index is 12.6. The van der Waals surface area contributed by atoms with Gasteiger partial charge in [0.05, 0.1) is 37.0 Å². The smallest absolute Gasteiger partial charge is 0.239 e. The number of pyridine rings is 2. The van der Waals surface area contributed by atoms with E-state index in [1.807, 2.05) is 12.1 Å². The summed E-state index contributed by atoms with van der Waals surface area (Å²) in [4.78, 5) is 35.4. The lowest BCUT2D eigenvalue weighted by atomic mass is 10.1. The first-order valence-corrected chi connectivity index (χ1v) is 11.9. The molecular weight excluding hydrogens is 432 g/mol. The Balaban J connectivity index is 1.45. The minimum Gasteiger partial charge on any atom is -0.494 e. The van der Waals surface area contributed by atoms with Crippen molar-refractivity contribution in [2.45, 2.75) is 19.3 Å². The number of likely N-dealkylation sites (tertiary alicyclic amines) is 1. The maximum atomic E-state index is 12.6. The third-order valence-corrected chi connectivity index (χ3v) is 6.29. The summed E-state index contributed by atoms with van der Waals surface area (Å²) in [5.74, 6) is 2.48. The van der Waals surface area contributed by atoms with E-state index in [1.54, 1.807) is 25.7 Å². The summed E-state index contributed by atoms with van der Waals surface area (Å²) < 4.78 is 5.58. The number of carbonyl (C=O) groups is 1. The van der Waals surface area contributed by atoms with E-state index < -0.39 is 0 Å². The molecule has 2 saturated heterocycles. The van der Waals surface area contributed by atoms with Gasteiger partial charge in [0.15, 0.2) is 5.82 Å². The Kier molecular flexibility index (Phi) is 6.77. The Bertz CT molecular complexity index is 1160. The molecular formula is C24H30N8O2. The molecule has 0 unspecified atom stereocenters. The van der Waals surface area contributed by atoms with E-state index in [0.29, 0.717) is 29.5 Å². The predicted molar refractivity (Wildman–Crippen MR) is 131 cm³/mol. The third kappa shape index (κ3) is 4.92. The predicted octanol–water partition coefficient (Wildman–Crippen LogP) is 1.93. The van der Waals surface area contributed by atoms with Gasteiger partial charge >= 0.3 is 0 Å². The molecule has 2 N–H and O–H groups in total. The Hall–Kier alpha value is -3.37. The van der Waals surface area contributed by atoms with E-state index in [-0.39, 0.29) is 5.91 Å². The van der Waals surface area contributed by atoms with Crippen molar-refractivity contribution in [2.24, 2.45) is 0 Å². The molecule has 0 saturated carbocycles. The number of fused-ring (bicyclic) bond motifs is 1. The van der Waals surface area contributed by atoms with Gasteiger partial charge in [-0.1, -0.05) is 6.42 Å². The molecule has 0 aliphatic carbocycles. The fourth-order valence-corrected chi connectivity index (χ4v) is 4.57. The number of amides is 1. The van der Waals surface area contributed by atoms with Crippen molar-refractivity contribution in [3.05, 3.63) is 30.7 Å². The average Bonchev–Trinajstić information content (AvgIpc) is 2.89. The molecule has 0 atom stereocenters. The van der Waals surface area contributed by atoms with Gasteiger partial charge in [0, 0.05) is 37.9 Å². The van der Waals surface area contributed by atoms with Crippen LogP contribution in [0, 0.1) is 0 Å². The van der Waals surface area contributed by atoms with E-state index in [1.165, 1.54) is 6.42 Å². The average molecular weight is 463 g/mol. The van der Waals surface area contributed by atoms with Crippen LogP contribution in [0.5, 0.6) is 5.75 Å². The Morgan fingerprint density at radius 1 is 1.12 bits per heavy atom. The molecule has 1 amide bonds. The summed E-state index contributed by atoms with van der Waals surface area (Å²) in [6.07, 6.45) is 8.64. The molecule has 5 rings (SSSR count). The normalized spacial score (nSPS) is 17.0. The number of piperidine rings is 1. The highest BCUT2D eigenvalue weighted by atomic mass is 16.5. The largest absolute Gasteiger partial charge is 0.494 e. The van der Waals surface area contributed by atoms with Crippen molar-refractivity contribution >= 4 is 28.4 Å². The van der Waals surface area contributed by atoms with Crippen molar-refractivity contribution in [1.29, 1.82) is 0 Å². The van der Waals surface area contributed by atoms with Gasteiger partial charge in [-0.25, -0.2) is 15.0 Å². The number of nitrogens with one attached hydrogen (secondary N) is 2. The Labute approximate surface area is 198 Å². The first-order chi connectivity index (χ1) is 16.7. The van der Waals surface area contributed by atoms with Crippen molar-refractivity contribution in [3.63, 3.8) is 0 Å². The molecule has 3 aromatic heterocycles. The Morgan fingerprint density at radius 2 is 1.94 bits per heavy atom. The summed E-state index contributed by atoms with van der Waals surface area (Å²) in [6, 6.07) is 3.68. The molecule has 0 radical (unpaired) electrons. The van der Waals surface area contributed by atoms with Crippen molar-refractivity contribution in [2.75, 3.05) is 63.1 Å². The molecule has 178 valence electrons. The minimum atomic E-state index is -0.0542. The third-order valence-electron chi connectivity index (χ3n) is 6.29. The minimum absolute atomic E-state index is 0.0542. The van der Waals surface area contributed by atoms with Crippen molar-refractivity contribution in [1.82, 2.24) is 30.2 Å². The van der Waals surface area contributed by atoms with Crippen LogP contribution < -0.4 is 20.3 Å². The number of methoxy groups -OCH3 is 1. The van der Waals surface area contributed by atoms with Crippen LogP contribution in [0.4, 0.5) is 11.6 Å². The van der Waals surface area contributed by atoms with E-state index in [9.17, 15) is 4.79 Å². The van der Waals surface area contributed by atoms with Crippen LogP contribution in [0.1, 0.15) is 19.3 Å². The van der Waals surface area contributed by atoms with E-state index in [2.05, 4.69) is 30.4 Å². The van der Waals surface area contributed by atoms with Gasteiger partial charge in [-0.05, 0) is 38.1 Å². The number of aromatic nitrogens is 4. The molecule has 0 spiro atoms. The summed E-state index contributed by atoms with van der Waals surface area (Å²) in [5.41, 5.74) is 1.50. The zero-order valence-electron chi connectivity index (χ0n) is 19.5. The number of ether oxygens (including phenoxy) is 1. The topological polar surface area (TPSA) is 108 Å². The van der Waals surface area contributed by atoms with Crippen LogP contribution in [0.3, 0.4) is 0 Å². The highest BCUT2D eigenvalue weighted by Crippen LogP contribution is 2.34. The van der Waals surface area contributed by atoms with Crippen molar-refractivity contribution in [3.8, 4) is 17.1 Å². The van der Waals surface area contributed by atoms with Crippen LogP contribution in [-0.4, -0.2) is 83.7 Å². The van der Waals surface area contributed by atoms with Gasteiger partial charge in [0.2, 0.25) is 5.91 Å².